The third-order valence-corrected chi connectivity index (χ3v) is 1.22. The molecule has 3 radical (unpaired) electrons. The van der Waals surface area contributed by atoms with Crippen molar-refractivity contribution >= 4 is 6.41 Å². The lowest BCUT2D eigenvalue weighted by molar-refractivity contribution is 0.374. The highest BCUT2D eigenvalue weighted by Gasteiger charge is 2.07. The maximum Gasteiger partial charge on any atom is 0.312 e. The van der Waals surface area contributed by atoms with Crippen LogP contribution < -0.4 is 0 Å². The van der Waals surface area contributed by atoms with Crippen LogP contribution in [0.25, 0.3) is 0 Å². The second kappa shape index (κ2) is 2.70. The van der Waals surface area contributed by atoms with Gasteiger partial charge in [-0.3, -0.25) is 4.79 Å². The first-order valence-electron chi connectivity index (χ1n) is 2.82. The standard InChI is InChI=1S/C6H8NO/c8-6-7-4-2-1-3-5-7/h1-4H2. The van der Waals surface area contributed by atoms with Crippen molar-refractivity contribution in [1.29, 1.82) is 0 Å². The van der Waals surface area contributed by atoms with Crippen molar-refractivity contribution in [1.82, 2.24) is 4.90 Å². The second-order valence-corrected chi connectivity index (χ2v) is 1.86. The van der Waals surface area contributed by atoms with Gasteiger partial charge in [-0.2, -0.15) is 0 Å². The lowest BCUT2D eigenvalue weighted by Crippen LogP contribution is -2.23. The molecule has 0 bridgehead atoms. The first-order chi connectivity index (χ1) is 3.93. The minimum atomic E-state index is 0.809. The topological polar surface area (TPSA) is 20.3 Å². The van der Waals surface area contributed by atoms with Gasteiger partial charge in [-0.15, -0.1) is 0 Å². The molecule has 1 aliphatic rings. The van der Waals surface area contributed by atoms with Gasteiger partial charge in [0.15, 0.2) is 0 Å². The van der Waals surface area contributed by atoms with Gasteiger partial charge >= 0.3 is 6.41 Å². The molecule has 0 atom stereocenters. The van der Waals surface area contributed by atoms with Gasteiger partial charge in [0.25, 0.3) is 0 Å². The maximum atomic E-state index is 9.90. The van der Waals surface area contributed by atoms with E-state index in [-0.39, 0.29) is 0 Å². The monoisotopic (exact) mass is 110 g/mol. The molecule has 0 saturated carbocycles. The lowest BCUT2D eigenvalue weighted by Gasteiger charge is -2.18. The van der Waals surface area contributed by atoms with E-state index in [1.165, 1.54) is 4.90 Å². The van der Waals surface area contributed by atoms with Crippen molar-refractivity contribution in [3.63, 3.8) is 0 Å². The smallest absolute Gasteiger partial charge is 0.312 e. The van der Waals surface area contributed by atoms with Gasteiger partial charge in [-0.25, -0.2) is 0 Å². The summed E-state index contributed by atoms with van der Waals surface area (Å²) >= 11 is 0. The van der Waals surface area contributed by atoms with E-state index < -0.39 is 0 Å². The molecule has 1 heterocycles. The molecule has 1 saturated heterocycles. The third kappa shape index (κ3) is 1.22. The fourth-order valence-electron chi connectivity index (χ4n) is 0.766. The van der Waals surface area contributed by atoms with Crippen molar-refractivity contribution in [2.24, 2.45) is 0 Å². The molecule has 1 amide bonds. The molecule has 1 aliphatic heterocycles. The first-order valence-corrected chi connectivity index (χ1v) is 2.82. The molecule has 0 aromatic heterocycles. The van der Waals surface area contributed by atoms with E-state index in [1.807, 2.05) is 0 Å². The summed E-state index contributed by atoms with van der Waals surface area (Å²) in [6, 6.07) is 0. The molecule has 0 aliphatic carbocycles. The van der Waals surface area contributed by atoms with Crippen molar-refractivity contribution in [2.45, 2.75) is 19.3 Å². The molecule has 0 N–H and O–H groups in total. The summed E-state index contributed by atoms with van der Waals surface area (Å²) in [5, 5.41) is 0. The van der Waals surface area contributed by atoms with Crippen molar-refractivity contribution in [2.75, 3.05) is 6.54 Å². The van der Waals surface area contributed by atoms with E-state index in [9.17, 15) is 4.79 Å². The minimum Gasteiger partial charge on any atom is -0.324 e. The van der Waals surface area contributed by atoms with Gasteiger partial charge in [0, 0.05) is 6.54 Å². The molecule has 0 aromatic rings. The van der Waals surface area contributed by atoms with Crippen LogP contribution >= 0.6 is 0 Å². The highest BCUT2D eigenvalue weighted by Crippen LogP contribution is 2.09. The number of likely N-dealkylation sites (tertiary alicyclic amines) is 1. The van der Waals surface area contributed by atoms with E-state index in [0.29, 0.717) is 0 Å². The molecule has 2 nitrogen and oxygen atoms in total. The fraction of sp³-hybridized carbons (Fsp3) is 0.667. The molecule has 0 aromatic carbocycles. The Hall–Kier alpha value is -0.530. The predicted octanol–water partition coefficient (Wildman–Crippen LogP) is 0.578. The molecule has 0 unspecified atom stereocenters. The number of piperidine rings is 1. The molecule has 0 spiro atoms. The molecule has 43 valence electrons. The van der Waals surface area contributed by atoms with Crippen LogP contribution in [0.5, 0.6) is 0 Å². The second-order valence-electron chi connectivity index (χ2n) is 1.86. The number of amides is 1. The summed E-state index contributed by atoms with van der Waals surface area (Å²) in [6.07, 6.45) is 4.95. The van der Waals surface area contributed by atoms with E-state index in [4.69, 9.17) is 0 Å². The highest BCUT2D eigenvalue weighted by molar-refractivity contribution is 5.49. The van der Waals surface area contributed by atoms with Crippen LogP contribution in [-0.4, -0.2) is 17.9 Å². The van der Waals surface area contributed by atoms with Crippen LogP contribution in [0.3, 0.4) is 0 Å². The molecule has 2 heteroatoms. The molecule has 1 rings (SSSR count). The number of carbonyl (C=O) groups excluding carboxylic acids is 1. The quantitative estimate of drug-likeness (QED) is 0.483. The first kappa shape index (κ1) is 5.60. The lowest BCUT2D eigenvalue weighted by atomic mass is 10.1. The highest BCUT2D eigenvalue weighted by atomic mass is 16.1. The Bertz CT molecular complexity index is 76.6. The summed E-state index contributed by atoms with van der Waals surface area (Å²) in [4.78, 5) is 11.4. The Morgan fingerprint density at radius 2 is 2.38 bits per heavy atom. The van der Waals surface area contributed by atoms with Crippen molar-refractivity contribution in [3.05, 3.63) is 6.54 Å². The number of hydrogen-bond donors (Lipinski definition) is 0. The van der Waals surface area contributed by atoms with E-state index in [0.717, 1.165) is 25.8 Å². The largest absolute Gasteiger partial charge is 0.324 e. The van der Waals surface area contributed by atoms with Crippen molar-refractivity contribution < 1.29 is 4.79 Å². The van der Waals surface area contributed by atoms with Crippen molar-refractivity contribution in [3.8, 4) is 0 Å². The number of rotatable bonds is 1. The van der Waals surface area contributed by atoms with E-state index in [2.05, 4.69) is 6.54 Å². The normalized spacial score (nSPS) is 20.8. The SMILES string of the molecule is O=[C]N1[C]CCCC1. The zero-order valence-electron chi connectivity index (χ0n) is 4.68. The van der Waals surface area contributed by atoms with Crippen LogP contribution in [0.15, 0.2) is 0 Å². The Labute approximate surface area is 49.5 Å². The molecule has 1 fully saturated rings. The average molecular weight is 110 g/mol. The maximum absolute atomic E-state index is 9.90. The predicted molar refractivity (Wildman–Crippen MR) is 29.5 cm³/mol. The van der Waals surface area contributed by atoms with Crippen LogP contribution in [0.1, 0.15) is 19.3 Å². The van der Waals surface area contributed by atoms with Gasteiger partial charge in [0.2, 0.25) is 0 Å². The van der Waals surface area contributed by atoms with Gasteiger partial charge in [0.05, 0.1) is 6.54 Å². The Kier molecular flexibility index (Phi) is 1.89. The van der Waals surface area contributed by atoms with E-state index in [1.54, 1.807) is 6.41 Å². The van der Waals surface area contributed by atoms with Gasteiger partial charge < -0.3 is 4.90 Å². The Balaban J connectivity index is 2.22. The number of nitrogens with zero attached hydrogens (tertiary/aromatic N) is 1. The summed E-state index contributed by atoms with van der Waals surface area (Å²) in [7, 11) is 0. The zero-order chi connectivity index (χ0) is 5.82. The summed E-state index contributed by atoms with van der Waals surface area (Å²) in [6.45, 7) is 3.69. The summed E-state index contributed by atoms with van der Waals surface area (Å²) in [5.41, 5.74) is 0. The number of hydrogen-bond acceptors (Lipinski definition) is 1. The summed E-state index contributed by atoms with van der Waals surface area (Å²) in [5.74, 6) is 0. The minimum absolute atomic E-state index is 0.809. The molecular weight excluding hydrogens is 102 g/mol. The zero-order valence-corrected chi connectivity index (χ0v) is 4.68. The van der Waals surface area contributed by atoms with Crippen LogP contribution in [0, 0.1) is 6.54 Å². The Morgan fingerprint density at radius 1 is 1.50 bits per heavy atom. The van der Waals surface area contributed by atoms with Gasteiger partial charge in [0.1, 0.15) is 0 Å². The fourth-order valence-corrected chi connectivity index (χ4v) is 0.766. The van der Waals surface area contributed by atoms with Gasteiger partial charge in [-0.1, -0.05) is 0 Å². The van der Waals surface area contributed by atoms with Gasteiger partial charge in [-0.05, 0) is 19.3 Å². The third-order valence-electron chi connectivity index (χ3n) is 1.22. The van der Waals surface area contributed by atoms with Crippen LogP contribution in [0.4, 0.5) is 0 Å². The average Bonchev–Trinajstić information content (AvgIpc) is 1.90. The summed E-state index contributed by atoms with van der Waals surface area (Å²) < 4.78 is 0. The van der Waals surface area contributed by atoms with Crippen LogP contribution in [-0.2, 0) is 4.79 Å². The van der Waals surface area contributed by atoms with Crippen LogP contribution in [0.2, 0.25) is 0 Å². The molecule has 8 heavy (non-hydrogen) atoms. The Morgan fingerprint density at radius 3 is 2.75 bits per heavy atom. The van der Waals surface area contributed by atoms with E-state index >= 15 is 0 Å². The molecular formula is C6H8NO.